The summed E-state index contributed by atoms with van der Waals surface area (Å²) in [6.07, 6.45) is 0. The van der Waals surface area contributed by atoms with Crippen LogP contribution in [0.25, 0.3) is 11.1 Å². The van der Waals surface area contributed by atoms with Crippen LogP contribution in [0.5, 0.6) is 0 Å². The van der Waals surface area contributed by atoms with E-state index in [-0.39, 0.29) is 5.76 Å². The summed E-state index contributed by atoms with van der Waals surface area (Å²) in [6.45, 7) is 0.330. The number of fused-ring (bicyclic) bond motifs is 1. The minimum absolute atomic E-state index is 0.330. The number of para-hydroxylation sites is 2. The van der Waals surface area contributed by atoms with Gasteiger partial charge < -0.3 is 9.73 Å². The molecule has 96 valence electrons. The SMILES string of the molecule is O=c1oc2ccccc2n1CNc1cccc(Cl)c1. The Morgan fingerprint density at radius 2 is 2.00 bits per heavy atom. The first kappa shape index (κ1) is 11.9. The van der Waals surface area contributed by atoms with Gasteiger partial charge in [-0.15, -0.1) is 0 Å². The van der Waals surface area contributed by atoms with Crippen molar-refractivity contribution in [3.05, 3.63) is 64.1 Å². The van der Waals surface area contributed by atoms with Crippen LogP contribution in [0.4, 0.5) is 5.69 Å². The zero-order valence-electron chi connectivity index (χ0n) is 9.97. The van der Waals surface area contributed by atoms with Gasteiger partial charge in [-0.05, 0) is 30.3 Å². The fraction of sp³-hybridized carbons (Fsp3) is 0.0714. The summed E-state index contributed by atoms with van der Waals surface area (Å²) in [6, 6.07) is 14.7. The molecule has 0 radical (unpaired) electrons. The molecule has 0 saturated heterocycles. The number of anilines is 1. The molecule has 0 aliphatic carbocycles. The van der Waals surface area contributed by atoms with Gasteiger partial charge >= 0.3 is 5.76 Å². The quantitative estimate of drug-likeness (QED) is 0.797. The molecule has 3 aromatic rings. The average molecular weight is 275 g/mol. The van der Waals surface area contributed by atoms with E-state index in [0.717, 1.165) is 11.2 Å². The van der Waals surface area contributed by atoms with Crippen LogP contribution < -0.4 is 11.1 Å². The Kier molecular flexibility index (Phi) is 3.01. The van der Waals surface area contributed by atoms with Crippen molar-refractivity contribution in [3.8, 4) is 0 Å². The summed E-state index contributed by atoms with van der Waals surface area (Å²) in [7, 11) is 0. The lowest BCUT2D eigenvalue weighted by molar-refractivity contribution is 0.515. The summed E-state index contributed by atoms with van der Waals surface area (Å²) in [5.41, 5.74) is 2.20. The third kappa shape index (κ3) is 2.35. The van der Waals surface area contributed by atoms with Gasteiger partial charge in [0.15, 0.2) is 5.58 Å². The Balaban J connectivity index is 1.90. The molecule has 19 heavy (non-hydrogen) atoms. The number of benzene rings is 2. The molecule has 0 aliphatic rings. The fourth-order valence-electron chi connectivity index (χ4n) is 1.93. The Hall–Kier alpha value is -2.20. The number of nitrogens with one attached hydrogen (secondary N) is 1. The highest BCUT2D eigenvalue weighted by Crippen LogP contribution is 2.16. The molecular weight excluding hydrogens is 264 g/mol. The third-order valence-corrected chi connectivity index (χ3v) is 3.07. The van der Waals surface area contributed by atoms with E-state index in [1.807, 2.05) is 30.3 Å². The molecule has 1 N–H and O–H groups in total. The lowest BCUT2D eigenvalue weighted by Gasteiger charge is -2.07. The second-order valence-corrected chi connectivity index (χ2v) is 4.55. The van der Waals surface area contributed by atoms with Crippen LogP contribution in [0.15, 0.2) is 57.7 Å². The van der Waals surface area contributed by atoms with Crippen molar-refractivity contribution in [1.29, 1.82) is 0 Å². The normalized spacial score (nSPS) is 10.8. The molecular formula is C14H11ClN2O2. The maximum atomic E-state index is 11.8. The Bertz CT molecular complexity index is 776. The lowest BCUT2D eigenvalue weighted by atomic mass is 10.3. The van der Waals surface area contributed by atoms with Gasteiger partial charge in [-0.1, -0.05) is 29.8 Å². The van der Waals surface area contributed by atoms with E-state index in [2.05, 4.69) is 5.32 Å². The molecule has 0 bridgehead atoms. The van der Waals surface area contributed by atoms with Gasteiger partial charge in [-0.25, -0.2) is 4.79 Å². The summed E-state index contributed by atoms with van der Waals surface area (Å²) < 4.78 is 6.69. The molecule has 0 atom stereocenters. The summed E-state index contributed by atoms with van der Waals surface area (Å²) >= 11 is 5.90. The van der Waals surface area contributed by atoms with Crippen LogP contribution in [0, 0.1) is 0 Å². The molecule has 5 heteroatoms. The molecule has 0 aliphatic heterocycles. The third-order valence-electron chi connectivity index (χ3n) is 2.84. The number of oxazole rings is 1. The second kappa shape index (κ2) is 4.82. The summed E-state index contributed by atoms with van der Waals surface area (Å²) in [4.78, 5) is 11.8. The molecule has 0 fully saturated rings. The van der Waals surface area contributed by atoms with Gasteiger partial charge in [-0.2, -0.15) is 0 Å². The predicted octanol–water partition coefficient (Wildman–Crippen LogP) is 3.32. The first-order chi connectivity index (χ1) is 9.24. The van der Waals surface area contributed by atoms with Crippen LogP contribution >= 0.6 is 11.6 Å². The molecule has 3 rings (SSSR count). The van der Waals surface area contributed by atoms with Gasteiger partial charge in [0.1, 0.15) is 0 Å². The molecule has 0 spiro atoms. The zero-order chi connectivity index (χ0) is 13.2. The van der Waals surface area contributed by atoms with Crippen molar-refractivity contribution in [2.75, 3.05) is 5.32 Å². The smallest absolute Gasteiger partial charge is 0.408 e. The number of rotatable bonds is 3. The maximum absolute atomic E-state index is 11.8. The largest absolute Gasteiger partial charge is 0.421 e. The van der Waals surface area contributed by atoms with E-state index in [4.69, 9.17) is 16.0 Å². The average Bonchev–Trinajstić information content (AvgIpc) is 2.72. The van der Waals surface area contributed by atoms with Crippen molar-refractivity contribution in [2.24, 2.45) is 0 Å². The van der Waals surface area contributed by atoms with Crippen LogP contribution in [0.3, 0.4) is 0 Å². The lowest BCUT2D eigenvalue weighted by Crippen LogP contribution is -2.19. The topological polar surface area (TPSA) is 47.2 Å². The zero-order valence-corrected chi connectivity index (χ0v) is 10.7. The fourth-order valence-corrected chi connectivity index (χ4v) is 2.12. The van der Waals surface area contributed by atoms with Crippen LogP contribution in [-0.4, -0.2) is 4.57 Å². The monoisotopic (exact) mass is 274 g/mol. The summed E-state index contributed by atoms with van der Waals surface area (Å²) in [5.74, 6) is -0.379. The molecule has 1 aromatic heterocycles. The minimum Gasteiger partial charge on any atom is -0.408 e. The predicted molar refractivity (Wildman–Crippen MR) is 75.5 cm³/mol. The van der Waals surface area contributed by atoms with E-state index in [9.17, 15) is 4.79 Å². The Labute approximate surface area is 114 Å². The molecule has 1 heterocycles. The van der Waals surface area contributed by atoms with Crippen molar-refractivity contribution in [3.63, 3.8) is 0 Å². The van der Waals surface area contributed by atoms with Crippen LogP contribution in [0.1, 0.15) is 0 Å². The van der Waals surface area contributed by atoms with E-state index in [0.29, 0.717) is 17.3 Å². The Morgan fingerprint density at radius 3 is 2.84 bits per heavy atom. The molecule has 4 nitrogen and oxygen atoms in total. The number of hydrogen-bond acceptors (Lipinski definition) is 3. The van der Waals surface area contributed by atoms with E-state index in [1.165, 1.54) is 4.57 Å². The van der Waals surface area contributed by atoms with Crippen LogP contribution in [0.2, 0.25) is 5.02 Å². The standard InChI is InChI=1S/C14H11ClN2O2/c15-10-4-3-5-11(8-10)16-9-17-12-6-1-2-7-13(12)19-14(17)18/h1-8,16H,9H2. The highest BCUT2D eigenvalue weighted by atomic mass is 35.5. The van der Waals surface area contributed by atoms with Gasteiger partial charge in [0.2, 0.25) is 0 Å². The number of aromatic nitrogens is 1. The minimum atomic E-state index is -0.379. The van der Waals surface area contributed by atoms with Gasteiger partial charge in [0.25, 0.3) is 0 Å². The van der Waals surface area contributed by atoms with Crippen molar-refractivity contribution >= 4 is 28.4 Å². The molecule has 2 aromatic carbocycles. The summed E-state index contributed by atoms with van der Waals surface area (Å²) in [5, 5.41) is 3.79. The number of halogens is 1. The van der Waals surface area contributed by atoms with E-state index >= 15 is 0 Å². The first-order valence-electron chi connectivity index (χ1n) is 5.82. The highest BCUT2D eigenvalue weighted by molar-refractivity contribution is 6.30. The maximum Gasteiger partial charge on any atom is 0.421 e. The van der Waals surface area contributed by atoms with Gasteiger partial charge in [0, 0.05) is 10.7 Å². The number of nitrogens with zero attached hydrogens (tertiary/aromatic N) is 1. The second-order valence-electron chi connectivity index (χ2n) is 4.11. The van der Waals surface area contributed by atoms with Crippen molar-refractivity contribution < 1.29 is 4.42 Å². The highest BCUT2D eigenvalue weighted by Gasteiger charge is 2.07. The van der Waals surface area contributed by atoms with Crippen LogP contribution in [-0.2, 0) is 6.67 Å². The van der Waals surface area contributed by atoms with E-state index < -0.39 is 0 Å². The van der Waals surface area contributed by atoms with Crippen molar-refractivity contribution in [1.82, 2.24) is 4.57 Å². The molecule has 0 unspecified atom stereocenters. The van der Waals surface area contributed by atoms with Gasteiger partial charge in [-0.3, -0.25) is 4.57 Å². The number of hydrogen-bond donors (Lipinski definition) is 1. The molecule has 0 saturated carbocycles. The molecule has 0 amide bonds. The van der Waals surface area contributed by atoms with E-state index in [1.54, 1.807) is 18.2 Å². The Morgan fingerprint density at radius 1 is 1.16 bits per heavy atom. The van der Waals surface area contributed by atoms with Crippen molar-refractivity contribution in [2.45, 2.75) is 6.67 Å². The van der Waals surface area contributed by atoms with Gasteiger partial charge in [0.05, 0.1) is 12.2 Å². The first-order valence-corrected chi connectivity index (χ1v) is 6.20.